The number of phenolic OH excluding ortho intramolecular Hbond substituents is 1. The number of aryl methyl sites for hydroxylation is 1. The molecule has 0 saturated heterocycles. The smallest absolute Gasteiger partial charge is 0.323 e. The van der Waals surface area contributed by atoms with Crippen molar-refractivity contribution in [2.45, 2.75) is 45.3 Å². The summed E-state index contributed by atoms with van der Waals surface area (Å²) >= 11 is 0. The number of hydrogen-bond donors (Lipinski definition) is 2. The number of carbonyl (C=O) groups is 1. The van der Waals surface area contributed by atoms with Gasteiger partial charge in [0.1, 0.15) is 17.4 Å². The normalized spacial score (nSPS) is 13.1. The fourth-order valence-electron chi connectivity index (χ4n) is 1.48. The minimum Gasteiger partial charge on any atom is -0.508 e. The molecule has 0 aromatic heterocycles. The average molecular weight is 251 g/mol. The second-order valence-electron chi connectivity index (χ2n) is 5.35. The molecule has 0 radical (unpaired) electrons. The van der Waals surface area contributed by atoms with Gasteiger partial charge < -0.3 is 15.6 Å². The molecule has 1 rings (SSSR count). The number of benzene rings is 1. The third kappa shape index (κ3) is 5.19. The highest BCUT2D eigenvalue weighted by atomic mass is 16.6. The van der Waals surface area contributed by atoms with E-state index in [1.165, 1.54) is 0 Å². The van der Waals surface area contributed by atoms with E-state index in [1.54, 1.807) is 12.1 Å². The first-order chi connectivity index (χ1) is 8.28. The van der Waals surface area contributed by atoms with Gasteiger partial charge in [0.15, 0.2) is 0 Å². The van der Waals surface area contributed by atoms with Crippen LogP contribution in [0.15, 0.2) is 24.3 Å². The van der Waals surface area contributed by atoms with Gasteiger partial charge in [-0.3, -0.25) is 4.79 Å². The molecule has 18 heavy (non-hydrogen) atoms. The van der Waals surface area contributed by atoms with Gasteiger partial charge in [0.2, 0.25) is 0 Å². The Morgan fingerprint density at radius 2 is 1.89 bits per heavy atom. The Balaban J connectivity index is 2.43. The molecule has 0 spiro atoms. The van der Waals surface area contributed by atoms with Crippen LogP contribution < -0.4 is 5.73 Å². The molecule has 0 fully saturated rings. The monoisotopic (exact) mass is 251 g/mol. The second kappa shape index (κ2) is 5.87. The molecule has 0 bridgehead atoms. The predicted molar refractivity (Wildman–Crippen MR) is 70.2 cm³/mol. The lowest BCUT2D eigenvalue weighted by Crippen LogP contribution is -2.37. The van der Waals surface area contributed by atoms with Gasteiger partial charge in [0.05, 0.1) is 0 Å². The second-order valence-corrected chi connectivity index (χ2v) is 5.35. The summed E-state index contributed by atoms with van der Waals surface area (Å²) in [5.74, 6) is -0.142. The standard InChI is InChI=1S/C14H21NO3/c1-14(2,3)18-13(17)12(15)9-6-10-4-7-11(16)8-5-10/h4-5,7-8,12,16H,6,9,15H2,1-3H3/t12-/m0/s1. The van der Waals surface area contributed by atoms with Crippen molar-refractivity contribution in [3.05, 3.63) is 29.8 Å². The molecule has 0 amide bonds. The van der Waals surface area contributed by atoms with Crippen molar-refractivity contribution in [1.29, 1.82) is 0 Å². The Kier molecular flexibility index (Phi) is 4.73. The maximum Gasteiger partial charge on any atom is 0.323 e. The van der Waals surface area contributed by atoms with Crippen molar-refractivity contribution in [3.63, 3.8) is 0 Å². The fraction of sp³-hybridized carbons (Fsp3) is 0.500. The van der Waals surface area contributed by atoms with Crippen LogP contribution in [0.5, 0.6) is 5.75 Å². The van der Waals surface area contributed by atoms with E-state index in [1.807, 2.05) is 32.9 Å². The highest BCUT2D eigenvalue weighted by Gasteiger charge is 2.21. The number of aromatic hydroxyl groups is 1. The Morgan fingerprint density at radius 3 is 2.39 bits per heavy atom. The van der Waals surface area contributed by atoms with Crippen molar-refractivity contribution in [1.82, 2.24) is 0 Å². The van der Waals surface area contributed by atoms with Crippen LogP contribution in [0.4, 0.5) is 0 Å². The van der Waals surface area contributed by atoms with Gasteiger partial charge in [-0.05, 0) is 51.3 Å². The average Bonchev–Trinajstić information content (AvgIpc) is 2.25. The van der Waals surface area contributed by atoms with Crippen LogP contribution in [0.1, 0.15) is 32.8 Å². The lowest BCUT2D eigenvalue weighted by Gasteiger charge is -2.22. The third-order valence-electron chi connectivity index (χ3n) is 2.39. The summed E-state index contributed by atoms with van der Waals surface area (Å²) in [6.45, 7) is 5.45. The summed E-state index contributed by atoms with van der Waals surface area (Å²) in [6, 6.07) is 6.26. The molecule has 1 atom stereocenters. The van der Waals surface area contributed by atoms with Crippen LogP contribution in [0.3, 0.4) is 0 Å². The number of esters is 1. The summed E-state index contributed by atoms with van der Waals surface area (Å²) < 4.78 is 5.20. The summed E-state index contributed by atoms with van der Waals surface area (Å²) in [4.78, 5) is 11.6. The van der Waals surface area contributed by atoms with Crippen LogP contribution in [-0.2, 0) is 16.0 Å². The van der Waals surface area contributed by atoms with Crippen molar-refractivity contribution in [2.75, 3.05) is 0 Å². The number of phenols is 1. The molecular weight excluding hydrogens is 230 g/mol. The van der Waals surface area contributed by atoms with E-state index < -0.39 is 11.6 Å². The number of hydrogen-bond acceptors (Lipinski definition) is 4. The first kappa shape index (κ1) is 14.5. The SMILES string of the molecule is CC(C)(C)OC(=O)[C@@H](N)CCc1ccc(O)cc1. The zero-order chi connectivity index (χ0) is 13.8. The van der Waals surface area contributed by atoms with Gasteiger partial charge in [0.25, 0.3) is 0 Å². The van der Waals surface area contributed by atoms with Crippen molar-refractivity contribution < 1.29 is 14.6 Å². The molecule has 4 heteroatoms. The number of rotatable bonds is 4. The molecule has 1 aromatic rings. The molecule has 0 heterocycles. The van der Waals surface area contributed by atoms with Gasteiger partial charge in [0, 0.05) is 0 Å². The number of nitrogens with two attached hydrogens (primary N) is 1. The quantitative estimate of drug-likeness (QED) is 0.803. The topological polar surface area (TPSA) is 72.5 Å². The third-order valence-corrected chi connectivity index (χ3v) is 2.39. The predicted octanol–water partition coefficient (Wildman–Crippen LogP) is 1.99. The van der Waals surface area contributed by atoms with Gasteiger partial charge in [-0.25, -0.2) is 0 Å². The van der Waals surface area contributed by atoms with E-state index in [0.717, 1.165) is 5.56 Å². The summed E-state index contributed by atoms with van der Waals surface area (Å²) in [6.07, 6.45) is 1.21. The fourth-order valence-corrected chi connectivity index (χ4v) is 1.48. The Bertz CT molecular complexity index is 392. The van der Waals surface area contributed by atoms with E-state index in [2.05, 4.69) is 0 Å². The van der Waals surface area contributed by atoms with Crippen molar-refractivity contribution >= 4 is 5.97 Å². The molecule has 3 N–H and O–H groups in total. The summed E-state index contributed by atoms with van der Waals surface area (Å²) in [7, 11) is 0. The lowest BCUT2D eigenvalue weighted by atomic mass is 10.1. The van der Waals surface area contributed by atoms with Crippen LogP contribution in [-0.4, -0.2) is 22.7 Å². The van der Waals surface area contributed by atoms with Crippen LogP contribution in [0, 0.1) is 0 Å². The molecule has 0 aliphatic carbocycles. The maximum atomic E-state index is 11.6. The first-order valence-electron chi connectivity index (χ1n) is 6.04. The molecular formula is C14H21NO3. The van der Waals surface area contributed by atoms with Crippen LogP contribution in [0.2, 0.25) is 0 Å². The van der Waals surface area contributed by atoms with Crippen LogP contribution in [0.25, 0.3) is 0 Å². The Labute approximate surface area is 108 Å². The number of carbonyl (C=O) groups excluding carboxylic acids is 1. The van der Waals surface area contributed by atoms with E-state index in [9.17, 15) is 4.79 Å². The Morgan fingerprint density at radius 1 is 1.33 bits per heavy atom. The van der Waals surface area contributed by atoms with Crippen molar-refractivity contribution in [3.8, 4) is 5.75 Å². The lowest BCUT2D eigenvalue weighted by molar-refractivity contribution is -0.156. The van der Waals surface area contributed by atoms with Crippen molar-refractivity contribution in [2.24, 2.45) is 5.73 Å². The molecule has 4 nitrogen and oxygen atoms in total. The van der Waals surface area contributed by atoms with E-state index in [4.69, 9.17) is 15.6 Å². The van der Waals surface area contributed by atoms with Gasteiger partial charge in [-0.15, -0.1) is 0 Å². The maximum absolute atomic E-state index is 11.6. The molecule has 0 saturated carbocycles. The molecule has 100 valence electrons. The van der Waals surface area contributed by atoms with Gasteiger partial charge in [-0.1, -0.05) is 12.1 Å². The van der Waals surface area contributed by atoms with E-state index >= 15 is 0 Å². The highest BCUT2D eigenvalue weighted by Crippen LogP contribution is 2.13. The molecule has 0 aliphatic rings. The van der Waals surface area contributed by atoms with Crippen LogP contribution >= 0.6 is 0 Å². The molecule has 0 unspecified atom stereocenters. The van der Waals surface area contributed by atoms with Gasteiger partial charge >= 0.3 is 5.97 Å². The zero-order valence-corrected chi connectivity index (χ0v) is 11.1. The van der Waals surface area contributed by atoms with E-state index in [-0.39, 0.29) is 11.7 Å². The first-order valence-corrected chi connectivity index (χ1v) is 6.04. The molecule has 1 aromatic carbocycles. The summed E-state index contributed by atoms with van der Waals surface area (Å²) in [5, 5.41) is 9.15. The highest BCUT2D eigenvalue weighted by molar-refractivity contribution is 5.75. The summed E-state index contributed by atoms with van der Waals surface area (Å²) in [5.41, 5.74) is 6.31. The zero-order valence-electron chi connectivity index (χ0n) is 11.1. The Hall–Kier alpha value is -1.55. The van der Waals surface area contributed by atoms with Gasteiger partial charge in [-0.2, -0.15) is 0 Å². The minimum atomic E-state index is -0.613. The molecule has 0 aliphatic heterocycles. The van der Waals surface area contributed by atoms with E-state index in [0.29, 0.717) is 12.8 Å². The minimum absolute atomic E-state index is 0.232. The number of ether oxygens (including phenoxy) is 1. The largest absolute Gasteiger partial charge is 0.508 e.